The van der Waals surface area contributed by atoms with Gasteiger partial charge in [0.15, 0.2) is 0 Å². The first kappa shape index (κ1) is 12.7. The SMILES string of the molecule is N#Cc1ccc(C2CNC3(CCCCC3)CO2)cc1. The van der Waals surface area contributed by atoms with E-state index in [0.717, 1.165) is 18.7 Å². The molecule has 3 heteroatoms. The lowest BCUT2D eigenvalue weighted by atomic mass is 9.81. The zero-order valence-electron chi connectivity index (χ0n) is 11.2. The summed E-state index contributed by atoms with van der Waals surface area (Å²) >= 11 is 0. The number of hydrogen-bond acceptors (Lipinski definition) is 3. The van der Waals surface area contributed by atoms with E-state index in [9.17, 15) is 0 Å². The Morgan fingerprint density at radius 2 is 1.89 bits per heavy atom. The van der Waals surface area contributed by atoms with E-state index in [2.05, 4.69) is 11.4 Å². The van der Waals surface area contributed by atoms with E-state index >= 15 is 0 Å². The molecule has 1 spiro atoms. The number of hydrogen-bond donors (Lipinski definition) is 1. The van der Waals surface area contributed by atoms with Gasteiger partial charge >= 0.3 is 0 Å². The molecule has 0 amide bonds. The molecule has 19 heavy (non-hydrogen) atoms. The molecule has 1 N–H and O–H groups in total. The Morgan fingerprint density at radius 1 is 1.16 bits per heavy atom. The van der Waals surface area contributed by atoms with Crippen LogP contribution in [0.4, 0.5) is 0 Å². The predicted molar refractivity (Wildman–Crippen MR) is 73.7 cm³/mol. The molecule has 1 saturated heterocycles. The summed E-state index contributed by atoms with van der Waals surface area (Å²) in [5.74, 6) is 0. The van der Waals surface area contributed by atoms with Crippen LogP contribution >= 0.6 is 0 Å². The van der Waals surface area contributed by atoms with E-state index in [1.54, 1.807) is 0 Å². The Kier molecular flexibility index (Phi) is 3.54. The molecule has 2 fully saturated rings. The molecule has 0 bridgehead atoms. The molecule has 1 unspecified atom stereocenters. The zero-order chi connectivity index (χ0) is 13.1. The Bertz CT molecular complexity index is 459. The van der Waals surface area contributed by atoms with Gasteiger partial charge in [-0.05, 0) is 30.5 Å². The van der Waals surface area contributed by atoms with Crippen molar-refractivity contribution in [3.05, 3.63) is 35.4 Å². The van der Waals surface area contributed by atoms with Gasteiger partial charge < -0.3 is 10.1 Å². The fourth-order valence-corrected chi connectivity index (χ4v) is 3.22. The molecular formula is C16H20N2O. The lowest BCUT2D eigenvalue weighted by Crippen LogP contribution is -2.55. The molecule has 3 nitrogen and oxygen atoms in total. The molecule has 2 aliphatic rings. The first-order valence-electron chi connectivity index (χ1n) is 7.18. The van der Waals surface area contributed by atoms with Crippen LogP contribution in [0.2, 0.25) is 0 Å². The van der Waals surface area contributed by atoms with Gasteiger partial charge in [-0.15, -0.1) is 0 Å². The maximum Gasteiger partial charge on any atom is 0.0991 e. The summed E-state index contributed by atoms with van der Waals surface area (Å²) in [5, 5.41) is 12.5. The summed E-state index contributed by atoms with van der Waals surface area (Å²) < 4.78 is 6.09. The molecule has 1 heterocycles. The third-order valence-electron chi connectivity index (χ3n) is 4.45. The largest absolute Gasteiger partial charge is 0.370 e. The van der Waals surface area contributed by atoms with Crippen LogP contribution in [0.3, 0.4) is 0 Å². The second-order valence-electron chi connectivity index (χ2n) is 5.76. The Morgan fingerprint density at radius 3 is 2.47 bits per heavy atom. The molecule has 1 atom stereocenters. The van der Waals surface area contributed by atoms with Crippen molar-refractivity contribution >= 4 is 0 Å². The van der Waals surface area contributed by atoms with Gasteiger partial charge in [0.2, 0.25) is 0 Å². The van der Waals surface area contributed by atoms with Crippen molar-refractivity contribution in [2.24, 2.45) is 0 Å². The zero-order valence-corrected chi connectivity index (χ0v) is 11.2. The highest BCUT2D eigenvalue weighted by Crippen LogP contribution is 2.33. The van der Waals surface area contributed by atoms with Crippen LogP contribution in [0.5, 0.6) is 0 Å². The smallest absolute Gasteiger partial charge is 0.0991 e. The first-order valence-corrected chi connectivity index (χ1v) is 7.18. The van der Waals surface area contributed by atoms with Crippen molar-refractivity contribution in [3.63, 3.8) is 0 Å². The van der Waals surface area contributed by atoms with Gasteiger partial charge in [0.05, 0.1) is 24.3 Å². The second kappa shape index (κ2) is 5.32. The van der Waals surface area contributed by atoms with Crippen LogP contribution in [-0.2, 0) is 4.74 Å². The highest BCUT2D eigenvalue weighted by Gasteiger charge is 2.36. The molecule has 0 radical (unpaired) electrons. The number of benzene rings is 1. The van der Waals surface area contributed by atoms with Crippen molar-refractivity contribution in [1.29, 1.82) is 5.26 Å². The van der Waals surface area contributed by atoms with Gasteiger partial charge in [-0.2, -0.15) is 5.26 Å². The Hall–Kier alpha value is -1.37. The molecule has 1 saturated carbocycles. The fourth-order valence-electron chi connectivity index (χ4n) is 3.22. The van der Waals surface area contributed by atoms with E-state index in [1.165, 1.54) is 32.1 Å². The standard InChI is InChI=1S/C16H20N2O/c17-10-13-4-6-14(7-5-13)15-11-18-16(12-19-15)8-2-1-3-9-16/h4-7,15,18H,1-3,8-9,11-12H2. The van der Waals surface area contributed by atoms with Crippen molar-refractivity contribution in [2.45, 2.75) is 43.7 Å². The normalized spacial score (nSPS) is 25.9. The van der Waals surface area contributed by atoms with Crippen LogP contribution in [0.15, 0.2) is 24.3 Å². The van der Waals surface area contributed by atoms with E-state index in [4.69, 9.17) is 10.00 Å². The molecule has 1 aromatic rings. The number of nitriles is 1. The van der Waals surface area contributed by atoms with Crippen LogP contribution in [0.25, 0.3) is 0 Å². The number of morpholine rings is 1. The van der Waals surface area contributed by atoms with Gasteiger partial charge in [-0.1, -0.05) is 31.4 Å². The highest BCUT2D eigenvalue weighted by molar-refractivity contribution is 5.32. The average molecular weight is 256 g/mol. The van der Waals surface area contributed by atoms with Crippen molar-refractivity contribution in [2.75, 3.05) is 13.2 Å². The monoisotopic (exact) mass is 256 g/mol. The number of rotatable bonds is 1. The molecule has 1 aliphatic heterocycles. The predicted octanol–water partition coefficient (Wildman–Crippen LogP) is 2.92. The average Bonchev–Trinajstić information content (AvgIpc) is 2.49. The second-order valence-corrected chi connectivity index (χ2v) is 5.76. The van der Waals surface area contributed by atoms with Crippen LogP contribution < -0.4 is 5.32 Å². The third kappa shape index (κ3) is 2.65. The van der Waals surface area contributed by atoms with E-state index in [0.29, 0.717) is 5.56 Å². The summed E-state index contributed by atoms with van der Waals surface area (Å²) in [5.41, 5.74) is 2.11. The minimum Gasteiger partial charge on any atom is -0.370 e. The van der Waals surface area contributed by atoms with Crippen molar-refractivity contribution in [1.82, 2.24) is 5.32 Å². The van der Waals surface area contributed by atoms with E-state index < -0.39 is 0 Å². The van der Waals surface area contributed by atoms with Crippen molar-refractivity contribution in [3.8, 4) is 6.07 Å². The molecule has 100 valence electrons. The van der Waals surface area contributed by atoms with Crippen molar-refractivity contribution < 1.29 is 4.74 Å². The van der Waals surface area contributed by atoms with Gasteiger partial charge in [0.1, 0.15) is 0 Å². The maximum absolute atomic E-state index is 8.81. The Labute approximate surface area is 114 Å². The molecular weight excluding hydrogens is 236 g/mol. The molecule has 0 aromatic heterocycles. The third-order valence-corrected chi connectivity index (χ3v) is 4.45. The van der Waals surface area contributed by atoms with Gasteiger partial charge in [-0.3, -0.25) is 0 Å². The molecule has 1 aromatic carbocycles. The lowest BCUT2D eigenvalue weighted by molar-refractivity contribution is -0.0466. The number of nitrogens with one attached hydrogen (secondary N) is 1. The highest BCUT2D eigenvalue weighted by atomic mass is 16.5. The van der Waals surface area contributed by atoms with Gasteiger partial charge in [-0.25, -0.2) is 0 Å². The topological polar surface area (TPSA) is 45.0 Å². The van der Waals surface area contributed by atoms with E-state index in [-0.39, 0.29) is 11.6 Å². The number of ether oxygens (including phenoxy) is 1. The lowest BCUT2D eigenvalue weighted by Gasteiger charge is -2.43. The summed E-state index contributed by atoms with van der Waals surface area (Å²) in [4.78, 5) is 0. The summed E-state index contributed by atoms with van der Waals surface area (Å²) in [7, 11) is 0. The first-order chi connectivity index (χ1) is 9.31. The summed E-state index contributed by atoms with van der Waals surface area (Å²) in [6.45, 7) is 1.70. The molecule has 3 rings (SSSR count). The Balaban J connectivity index is 1.64. The minimum absolute atomic E-state index is 0.125. The van der Waals surface area contributed by atoms with E-state index in [1.807, 2.05) is 24.3 Å². The summed E-state index contributed by atoms with van der Waals surface area (Å²) in [6, 6.07) is 9.88. The minimum atomic E-state index is 0.125. The summed E-state index contributed by atoms with van der Waals surface area (Å²) in [6.07, 6.45) is 6.61. The fraction of sp³-hybridized carbons (Fsp3) is 0.562. The van der Waals surface area contributed by atoms with Crippen LogP contribution in [0.1, 0.15) is 49.3 Å². The van der Waals surface area contributed by atoms with Crippen LogP contribution in [-0.4, -0.2) is 18.7 Å². The van der Waals surface area contributed by atoms with Crippen LogP contribution in [0, 0.1) is 11.3 Å². The number of nitrogens with zero attached hydrogens (tertiary/aromatic N) is 1. The quantitative estimate of drug-likeness (QED) is 0.840. The van der Waals surface area contributed by atoms with Gasteiger partial charge in [0.25, 0.3) is 0 Å². The maximum atomic E-state index is 8.81. The van der Waals surface area contributed by atoms with Gasteiger partial charge in [0, 0.05) is 12.1 Å². The molecule has 1 aliphatic carbocycles.